The molecular weight excluding hydrogens is 701 g/mol. The Labute approximate surface area is 339 Å². The fourth-order valence-electron chi connectivity index (χ4n) is 10.8. The average Bonchev–Trinajstić information content (AvgIpc) is 3.80. The lowest BCUT2D eigenvalue weighted by molar-refractivity contribution is 0.661. The minimum absolute atomic E-state index is 0.194. The number of benzene rings is 9. The summed E-state index contributed by atoms with van der Waals surface area (Å²) in [5, 5.41) is 7.76. The number of aromatic nitrogens is 1. The standard InChI is InChI=1S/C56H42N2/c1-55(2)47-31-38(28-30-40(47)45-33-51-46(32-48(45)55)42-24-15-16-26-50(42)58(51)37-20-9-6-10-21-37)57(36-18-7-5-8-19-36)52-34-49-53(43-25-14-13-23-41(43)52)44-29-27-35-17-11-12-22-39(35)54(44)56(49,3)4/h5-34H,1-4H3. The molecule has 2 nitrogen and oxygen atoms in total. The molecule has 0 bridgehead atoms. The third-order valence-corrected chi connectivity index (χ3v) is 13.5. The summed E-state index contributed by atoms with van der Waals surface area (Å²) in [6.07, 6.45) is 0. The van der Waals surface area contributed by atoms with Crippen molar-refractivity contribution in [2.75, 3.05) is 4.90 Å². The highest BCUT2D eigenvalue weighted by Crippen LogP contribution is 2.57. The van der Waals surface area contributed by atoms with Crippen LogP contribution in [0.3, 0.4) is 0 Å². The van der Waals surface area contributed by atoms with E-state index < -0.39 is 0 Å². The number of para-hydroxylation sites is 3. The maximum atomic E-state index is 2.51. The molecule has 10 aromatic rings. The van der Waals surface area contributed by atoms with Crippen molar-refractivity contribution in [1.29, 1.82) is 0 Å². The van der Waals surface area contributed by atoms with Gasteiger partial charge in [0.25, 0.3) is 0 Å². The molecule has 0 N–H and O–H groups in total. The second kappa shape index (κ2) is 11.8. The number of anilines is 3. The zero-order valence-electron chi connectivity index (χ0n) is 33.2. The Hall–Kier alpha value is -6.90. The van der Waals surface area contributed by atoms with Crippen molar-refractivity contribution in [3.8, 4) is 27.9 Å². The van der Waals surface area contributed by atoms with Gasteiger partial charge in [-0.3, -0.25) is 0 Å². The topological polar surface area (TPSA) is 8.17 Å². The quantitative estimate of drug-likeness (QED) is 0.174. The second-order valence-electron chi connectivity index (χ2n) is 17.3. The summed E-state index contributed by atoms with van der Waals surface area (Å²) in [4.78, 5) is 2.51. The molecule has 0 atom stereocenters. The highest BCUT2D eigenvalue weighted by atomic mass is 15.1. The molecule has 0 radical (unpaired) electrons. The maximum absolute atomic E-state index is 2.51. The highest BCUT2D eigenvalue weighted by molar-refractivity contribution is 6.13. The Bertz CT molecular complexity index is 3330. The fraction of sp³-hybridized carbons (Fsp3) is 0.107. The first-order valence-electron chi connectivity index (χ1n) is 20.5. The summed E-state index contributed by atoms with van der Waals surface area (Å²) in [6.45, 7) is 9.65. The lowest BCUT2D eigenvalue weighted by Crippen LogP contribution is -2.18. The third kappa shape index (κ3) is 4.43. The molecule has 1 aromatic heterocycles. The highest BCUT2D eigenvalue weighted by Gasteiger charge is 2.40. The molecule has 58 heavy (non-hydrogen) atoms. The Balaban J connectivity index is 1.08. The first kappa shape index (κ1) is 33.3. The van der Waals surface area contributed by atoms with E-state index in [4.69, 9.17) is 0 Å². The molecule has 276 valence electrons. The summed E-state index contributed by atoms with van der Waals surface area (Å²) >= 11 is 0. The van der Waals surface area contributed by atoms with Crippen molar-refractivity contribution in [3.05, 3.63) is 204 Å². The predicted octanol–water partition coefficient (Wildman–Crippen LogP) is 15.2. The molecule has 2 heteroatoms. The van der Waals surface area contributed by atoms with Gasteiger partial charge in [0.2, 0.25) is 0 Å². The van der Waals surface area contributed by atoms with Gasteiger partial charge in [-0.1, -0.05) is 149 Å². The SMILES string of the molecule is CC1(C)c2cc(N(c3ccccc3)c3cc4c(c5ccccc35)-c3ccc5ccccc5c3C4(C)C)ccc2-c2cc3c(cc21)c1ccccc1n3-c1ccccc1. The van der Waals surface area contributed by atoms with Crippen LogP contribution in [0, 0.1) is 0 Å². The van der Waals surface area contributed by atoms with Crippen LogP contribution in [0.25, 0.3) is 71.3 Å². The van der Waals surface area contributed by atoms with Gasteiger partial charge in [0, 0.05) is 44.1 Å². The zero-order valence-corrected chi connectivity index (χ0v) is 33.2. The lowest BCUT2D eigenvalue weighted by atomic mass is 9.79. The number of nitrogens with zero attached hydrogens (tertiary/aromatic N) is 2. The van der Waals surface area contributed by atoms with Gasteiger partial charge < -0.3 is 9.47 Å². The van der Waals surface area contributed by atoms with Crippen molar-refractivity contribution in [1.82, 2.24) is 4.57 Å². The van der Waals surface area contributed by atoms with E-state index in [0.717, 1.165) is 5.69 Å². The maximum Gasteiger partial charge on any atom is 0.0547 e. The van der Waals surface area contributed by atoms with Gasteiger partial charge in [-0.05, 0) is 121 Å². The van der Waals surface area contributed by atoms with Gasteiger partial charge in [-0.25, -0.2) is 0 Å². The number of hydrogen-bond donors (Lipinski definition) is 0. The molecule has 2 aliphatic carbocycles. The Morgan fingerprint density at radius 2 is 1.03 bits per heavy atom. The molecule has 0 amide bonds. The fourth-order valence-corrected chi connectivity index (χ4v) is 10.8. The Morgan fingerprint density at radius 1 is 0.397 bits per heavy atom. The van der Waals surface area contributed by atoms with Crippen molar-refractivity contribution < 1.29 is 0 Å². The van der Waals surface area contributed by atoms with Gasteiger partial charge in [0.15, 0.2) is 0 Å². The minimum atomic E-state index is -0.210. The van der Waals surface area contributed by atoms with Crippen molar-refractivity contribution in [3.63, 3.8) is 0 Å². The molecule has 0 saturated carbocycles. The van der Waals surface area contributed by atoms with E-state index >= 15 is 0 Å². The smallest absolute Gasteiger partial charge is 0.0547 e. The molecule has 1 heterocycles. The number of rotatable bonds is 4. The van der Waals surface area contributed by atoms with Gasteiger partial charge >= 0.3 is 0 Å². The number of hydrogen-bond acceptors (Lipinski definition) is 1. The predicted molar refractivity (Wildman–Crippen MR) is 246 cm³/mol. The first-order valence-corrected chi connectivity index (χ1v) is 20.5. The van der Waals surface area contributed by atoms with Crippen LogP contribution in [0.1, 0.15) is 49.9 Å². The van der Waals surface area contributed by atoms with E-state index in [1.54, 1.807) is 0 Å². The van der Waals surface area contributed by atoms with Crippen molar-refractivity contribution in [2.45, 2.75) is 38.5 Å². The summed E-state index contributed by atoms with van der Waals surface area (Å²) in [7, 11) is 0. The molecule has 12 rings (SSSR count). The summed E-state index contributed by atoms with van der Waals surface area (Å²) in [6, 6.07) is 67.8. The van der Waals surface area contributed by atoms with Crippen LogP contribution < -0.4 is 4.90 Å². The van der Waals surface area contributed by atoms with Gasteiger partial charge in [-0.15, -0.1) is 0 Å². The molecule has 0 saturated heterocycles. The average molecular weight is 743 g/mol. The third-order valence-electron chi connectivity index (χ3n) is 13.5. The summed E-state index contributed by atoms with van der Waals surface area (Å²) in [5.74, 6) is 0. The lowest BCUT2D eigenvalue weighted by Gasteiger charge is -2.31. The molecular formula is C56H42N2. The van der Waals surface area contributed by atoms with E-state index in [1.165, 1.54) is 105 Å². The van der Waals surface area contributed by atoms with E-state index in [9.17, 15) is 0 Å². The van der Waals surface area contributed by atoms with Crippen LogP contribution in [0.5, 0.6) is 0 Å². The summed E-state index contributed by atoms with van der Waals surface area (Å²) < 4.78 is 2.43. The Kier molecular flexibility index (Phi) is 6.78. The first-order chi connectivity index (χ1) is 28.3. The zero-order chi connectivity index (χ0) is 38.9. The summed E-state index contributed by atoms with van der Waals surface area (Å²) in [5.41, 5.74) is 17.6. The van der Waals surface area contributed by atoms with Gasteiger partial charge in [0.1, 0.15) is 0 Å². The van der Waals surface area contributed by atoms with Crippen molar-refractivity contribution >= 4 is 60.4 Å². The van der Waals surface area contributed by atoms with E-state index in [-0.39, 0.29) is 10.8 Å². The molecule has 0 unspecified atom stereocenters. The van der Waals surface area contributed by atoms with Crippen LogP contribution in [0.2, 0.25) is 0 Å². The van der Waals surface area contributed by atoms with E-state index in [1.807, 2.05) is 0 Å². The molecule has 2 aliphatic rings. The van der Waals surface area contributed by atoms with Crippen LogP contribution in [0.4, 0.5) is 17.1 Å². The van der Waals surface area contributed by atoms with Crippen LogP contribution in [-0.2, 0) is 10.8 Å². The molecule has 9 aromatic carbocycles. The largest absolute Gasteiger partial charge is 0.310 e. The second-order valence-corrected chi connectivity index (χ2v) is 17.3. The Morgan fingerprint density at radius 3 is 1.83 bits per heavy atom. The van der Waals surface area contributed by atoms with Gasteiger partial charge in [0.05, 0.1) is 16.7 Å². The number of fused-ring (bicyclic) bond motifs is 13. The van der Waals surface area contributed by atoms with Crippen LogP contribution in [0.15, 0.2) is 182 Å². The van der Waals surface area contributed by atoms with Gasteiger partial charge in [-0.2, -0.15) is 0 Å². The molecule has 0 aliphatic heterocycles. The van der Waals surface area contributed by atoms with E-state index in [0.29, 0.717) is 0 Å². The normalized spacial score (nSPS) is 14.5. The van der Waals surface area contributed by atoms with Crippen LogP contribution in [-0.4, -0.2) is 4.57 Å². The van der Waals surface area contributed by atoms with Crippen LogP contribution >= 0.6 is 0 Å². The molecule has 0 fully saturated rings. The van der Waals surface area contributed by atoms with E-state index in [2.05, 4.69) is 219 Å². The van der Waals surface area contributed by atoms with Crippen molar-refractivity contribution in [2.24, 2.45) is 0 Å². The molecule has 0 spiro atoms. The minimum Gasteiger partial charge on any atom is -0.310 e. The monoisotopic (exact) mass is 742 g/mol.